The summed E-state index contributed by atoms with van der Waals surface area (Å²) in [4.78, 5) is 12.0. The lowest BCUT2D eigenvalue weighted by molar-refractivity contribution is 0.250. The van der Waals surface area contributed by atoms with Crippen molar-refractivity contribution in [2.75, 3.05) is 17.3 Å². The molecule has 2 unspecified atom stereocenters. The molecule has 4 nitrogen and oxygen atoms in total. The van der Waals surface area contributed by atoms with E-state index in [9.17, 15) is 9.00 Å². The molecule has 2 N–H and O–H groups in total. The number of carbonyl (C=O) groups excluding carboxylic acids is 1. The zero-order valence-corrected chi connectivity index (χ0v) is 13.5. The Balaban J connectivity index is 2.71. The van der Waals surface area contributed by atoms with Crippen molar-refractivity contribution >= 4 is 22.5 Å². The fraction of sp³-hybridized carbons (Fsp3) is 0.533. The predicted molar refractivity (Wildman–Crippen MR) is 85.7 cm³/mol. The van der Waals surface area contributed by atoms with Crippen LogP contribution in [0.2, 0.25) is 0 Å². The summed E-state index contributed by atoms with van der Waals surface area (Å²) in [7, 11) is -0.912. The Morgan fingerprint density at radius 2 is 2.00 bits per heavy atom. The second-order valence-electron chi connectivity index (χ2n) is 4.94. The first-order valence-electron chi connectivity index (χ1n) is 6.95. The van der Waals surface area contributed by atoms with Crippen LogP contribution < -0.4 is 10.6 Å². The van der Waals surface area contributed by atoms with Crippen LogP contribution in [-0.4, -0.2) is 28.3 Å². The third-order valence-electron chi connectivity index (χ3n) is 3.07. The van der Waals surface area contributed by atoms with Crippen molar-refractivity contribution in [2.24, 2.45) is 0 Å². The molecule has 2 amide bonds. The van der Waals surface area contributed by atoms with Gasteiger partial charge in [-0.15, -0.1) is 0 Å². The van der Waals surface area contributed by atoms with E-state index >= 15 is 0 Å². The zero-order valence-electron chi connectivity index (χ0n) is 12.7. The highest BCUT2D eigenvalue weighted by molar-refractivity contribution is 7.84. The SMILES string of the molecule is CCc1ccc(CC)c(NC(=O)NC(C)CS(C)=O)c1. The fourth-order valence-corrected chi connectivity index (χ4v) is 2.83. The molecule has 0 fully saturated rings. The Bertz CT molecular complexity index is 489. The van der Waals surface area contributed by atoms with Crippen molar-refractivity contribution in [3.05, 3.63) is 29.3 Å². The van der Waals surface area contributed by atoms with Crippen LogP contribution in [0.3, 0.4) is 0 Å². The molecule has 2 atom stereocenters. The van der Waals surface area contributed by atoms with Crippen molar-refractivity contribution in [1.29, 1.82) is 0 Å². The van der Waals surface area contributed by atoms with Gasteiger partial charge in [0.05, 0.1) is 0 Å². The summed E-state index contributed by atoms with van der Waals surface area (Å²) in [5, 5.41) is 5.70. The Kier molecular flexibility index (Phi) is 6.71. The van der Waals surface area contributed by atoms with E-state index in [0.717, 1.165) is 24.1 Å². The molecule has 112 valence electrons. The molecule has 20 heavy (non-hydrogen) atoms. The maximum atomic E-state index is 12.0. The van der Waals surface area contributed by atoms with Crippen LogP contribution >= 0.6 is 0 Å². The van der Waals surface area contributed by atoms with Crippen LogP contribution in [0.25, 0.3) is 0 Å². The largest absolute Gasteiger partial charge is 0.334 e. The number of anilines is 1. The molecular formula is C15H24N2O2S. The molecule has 0 spiro atoms. The molecule has 0 bridgehead atoms. The summed E-state index contributed by atoms with van der Waals surface area (Å²) in [5.41, 5.74) is 3.17. The average molecular weight is 296 g/mol. The van der Waals surface area contributed by atoms with Crippen molar-refractivity contribution in [1.82, 2.24) is 5.32 Å². The topological polar surface area (TPSA) is 58.2 Å². The van der Waals surface area contributed by atoms with E-state index in [1.165, 1.54) is 5.56 Å². The molecule has 5 heteroatoms. The lowest BCUT2D eigenvalue weighted by Crippen LogP contribution is -2.39. The van der Waals surface area contributed by atoms with E-state index in [1.807, 2.05) is 13.0 Å². The van der Waals surface area contributed by atoms with Gasteiger partial charge in [0.1, 0.15) is 0 Å². The molecule has 1 rings (SSSR count). The zero-order chi connectivity index (χ0) is 15.1. The Morgan fingerprint density at radius 3 is 2.55 bits per heavy atom. The van der Waals surface area contributed by atoms with Crippen LogP contribution in [0.4, 0.5) is 10.5 Å². The first kappa shape index (κ1) is 16.7. The quantitative estimate of drug-likeness (QED) is 0.848. The first-order chi connectivity index (χ1) is 9.46. The third-order valence-corrected chi connectivity index (χ3v) is 4.04. The Hall–Kier alpha value is -1.36. The van der Waals surface area contributed by atoms with Gasteiger partial charge >= 0.3 is 6.03 Å². The Morgan fingerprint density at radius 1 is 1.30 bits per heavy atom. The molecule has 0 aliphatic carbocycles. The summed E-state index contributed by atoms with van der Waals surface area (Å²) < 4.78 is 11.1. The minimum absolute atomic E-state index is 0.111. The highest BCUT2D eigenvalue weighted by atomic mass is 32.2. The molecule has 0 saturated carbocycles. The normalized spacial score (nSPS) is 13.6. The number of rotatable bonds is 6. The summed E-state index contributed by atoms with van der Waals surface area (Å²) >= 11 is 0. The molecule has 0 heterocycles. The van der Waals surface area contributed by atoms with E-state index in [-0.39, 0.29) is 12.1 Å². The highest BCUT2D eigenvalue weighted by Gasteiger charge is 2.10. The van der Waals surface area contributed by atoms with Crippen LogP contribution in [0.15, 0.2) is 18.2 Å². The third kappa shape index (κ3) is 5.33. The summed E-state index contributed by atoms with van der Waals surface area (Å²) in [5.74, 6) is 0.461. The number of amides is 2. The number of hydrogen-bond donors (Lipinski definition) is 2. The standard InChI is InChI=1S/C15H24N2O2S/c1-5-12-7-8-13(6-2)14(9-12)17-15(18)16-11(3)10-20(4)19/h7-9,11H,5-6,10H2,1-4H3,(H2,16,17,18). The Labute approximate surface area is 123 Å². The van der Waals surface area contributed by atoms with Gasteiger partial charge < -0.3 is 10.6 Å². The van der Waals surface area contributed by atoms with Gasteiger partial charge in [0.2, 0.25) is 0 Å². The van der Waals surface area contributed by atoms with E-state index in [0.29, 0.717) is 5.75 Å². The summed E-state index contributed by atoms with van der Waals surface area (Å²) in [6, 6.07) is 5.80. The maximum absolute atomic E-state index is 12.0. The van der Waals surface area contributed by atoms with E-state index in [2.05, 4.69) is 36.6 Å². The van der Waals surface area contributed by atoms with Gasteiger partial charge in [-0.3, -0.25) is 4.21 Å². The minimum Gasteiger partial charge on any atom is -0.334 e. The number of carbonyl (C=O) groups is 1. The van der Waals surface area contributed by atoms with Gasteiger partial charge in [-0.2, -0.15) is 0 Å². The van der Waals surface area contributed by atoms with Crippen LogP contribution in [0, 0.1) is 0 Å². The minimum atomic E-state index is -0.912. The highest BCUT2D eigenvalue weighted by Crippen LogP contribution is 2.19. The fourth-order valence-electron chi connectivity index (χ4n) is 2.04. The molecule has 0 aromatic heterocycles. The number of benzene rings is 1. The van der Waals surface area contributed by atoms with Gasteiger partial charge in [-0.1, -0.05) is 26.0 Å². The number of urea groups is 1. The smallest absolute Gasteiger partial charge is 0.319 e. The van der Waals surface area contributed by atoms with Gasteiger partial charge in [-0.05, 0) is 37.0 Å². The van der Waals surface area contributed by atoms with Crippen LogP contribution in [0.1, 0.15) is 31.9 Å². The van der Waals surface area contributed by atoms with Gasteiger partial charge in [0.15, 0.2) is 0 Å². The molecule has 1 aromatic carbocycles. The number of hydrogen-bond acceptors (Lipinski definition) is 2. The van der Waals surface area contributed by atoms with E-state index in [4.69, 9.17) is 0 Å². The van der Waals surface area contributed by atoms with Crippen LogP contribution in [-0.2, 0) is 23.6 Å². The van der Waals surface area contributed by atoms with Gasteiger partial charge in [0, 0.05) is 34.5 Å². The number of nitrogens with one attached hydrogen (secondary N) is 2. The predicted octanol–water partition coefficient (Wildman–Crippen LogP) is 2.70. The van der Waals surface area contributed by atoms with Crippen molar-refractivity contribution in [2.45, 2.75) is 39.7 Å². The molecule has 0 radical (unpaired) electrons. The summed E-state index contributed by atoms with van der Waals surface area (Å²) in [6.45, 7) is 6.00. The van der Waals surface area contributed by atoms with Gasteiger partial charge in [0.25, 0.3) is 0 Å². The van der Waals surface area contributed by atoms with Crippen LogP contribution in [0.5, 0.6) is 0 Å². The molecular weight excluding hydrogens is 272 g/mol. The molecule has 0 aliphatic rings. The van der Waals surface area contributed by atoms with Crippen molar-refractivity contribution < 1.29 is 9.00 Å². The first-order valence-corrected chi connectivity index (χ1v) is 8.68. The molecule has 0 aliphatic heterocycles. The van der Waals surface area contributed by atoms with Gasteiger partial charge in [-0.25, -0.2) is 4.79 Å². The average Bonchev–Trinajstić information content (AvgIpc) is 2.37. The second kappa shape index (κ2) is 8.04. The molecule has 1 aromatic rings. The van der Waals surface area contributed by atoms with E-state index in [1.54, 1.807) is 6.26 Å². The monoisotopic (exact) mass is 296 g/mol. The molecule has 0 saturated heterocycles. The van der Waals surface area contributed by atoms with E-state index < -0.39 is 10.8 Å². The lowest BCUT2D eigenvalue weighted by atomic mass is 10.1. The summed E-state index contributed by atoms with van der Waals surface area (Å²) in [6.07, 6.45) is 3.44. The van der Waals surface area contributed by atoms with Crippen molar-refractivity contribution in [3.8, 4) is 0 Å². The van der Waals surface area contributed by atoms with Crippen molar-refractivity contribution in [3.63, 3.8) is 0 Å². The lowest BCUT2D eigenvalue weighted by Gasteiger charge is -2.15. The maximum Gasteiger partial charge on any atom is 0.319 e. The number of aryl methyl sites for hydroxylation is 2. The second-order valence-corrected chi connectivity index (χ2v) is 6.42.